The topological polar surface area (TPSA) is 45.8 Å². The van der Waals surface area contributed by atoms with Gasteiger partial charge < -0.3 is 4.98 Å². The molecule has 0 aliphatic carbocycles. The third-order valence-corrected chi connectivity index (χ3v) is 3.48. The summed E-state index contributed by atoms with van der Waals surface area (Å²) in [6.07, 6.45) is 5.00. The summed E-state index contributed by atoms with van der Waals surface area (Å²) in [5.74, 6) is -0.0242. The first kappa shape index (κ1) is 12.1. The molecule has 3 aromatic rings. The molecule has 0 amide bonds. The molecular formula is C15H11BrN2O. The van der Waals surface area contributed by atoms with Crippen molar-refractivity contribution in [3.05, 3.63) is 64.0 Å². The SMILES string of the molecule is Cc1ccc2c(C(=O)c3cncc(Br)c3)c[nH]c2c1. The van der Waals surface area contributed by atoms with Gasteiger partial charge in [-0.2, -0.15) is 0 Å². The largest absolute Gasteiger partial charge is 0.360 e. The second-order valence-corrected chi connectivity index (χ2v) is 5.39. The first-order chi connectivity index (χ1) is 9.15. The van der Waals surface area contributed by atoms with Crippen LogP contribution < -0.4 is 0 Å². The molecule has 3 nitrogen and oxygen atoms in total. The van der Waals surface area contributed by atoms with Gasteiger partial charge in [-0.05, 0) is 40.5 Å². The normalized spacial score (nSPS) is 10.8. The van der Waals surface area contributed by atoms with Gasteiger partial charge in [0.25, 0.3) is 0 Å². The Labute approximate surface area is 118 Å². The van der Waals surface area contributed by atoms with Crippen LogP contribution >= 0.6 is 15.9 Å². The Balaban J connectivity index is 2.12. The summed E-state index contributed by atoms with van der Waals surface area (Å²) < 4.78 is 0.800. The molecule has 19 heavy (non-hydrogen) atoms. The van der Waals surface area contributed by atoms with E-state index in [0.29, 0.717) is 11.1 Å². The maximum Gasteiger partial charge on any atom is 0.196 e. The third kappa shape index (κ3) is 2.19. The average molecular weight is 315 g/mol. The lowest BCUT2D eigenvalue weighted by Crippen LogP contribution is -2.00. The molecular weight excluding hydrogens is 304 g/mol. The van der Waals surface area contributed by atoms with E-state index in [4.69, 9.17) is 0 Å². The number of aromatic amines is 1. The zero-order chi connectivity index (χ0) is 13.4. The maximum absolute atomic E-state index is 12.5. The maximum atomic E-state index is 12.5. The summed E-state index contributed by atoms with van der Waals surface area (Å²) in [5.41, 5.74) is 3.40. The molecule has 0 aliphatic heterocycles. The van der Waals surface area contributed by atoms with Crippen LogP contribution in [0.1, 0.15) is 21.5 Å². The highest BCUT2D eigenvalue weighted by Crippen LogP contribution is 2.22. The number of aromatic nitrogens is 2. The Hall–Kier alpha value is -1.94. The number of carbonyl (C=O) groups is 1. The van der Waals surface area contributed by atoms with Crippen LogP contribution in [0.25, 0.3) is 10.9 Å². The molecule has 0 aliphatic rings. The molecule has 2 heterocycles. The van der Waals surface area contributed by atoms with Crippen LogP contribution in [0.2, 0.25) is 0 Å². The van der Waals surface area contributed by atoms with Gasteiger partial charge in [0.2, 0.25) is 0 Å². The van der Waals surface area contributed by atoms with E-state index >= 15 is 0 Å². The highest BCUT2D eigenvalue weighted by molar-refractivity contribution is 9.10. The summed E-state index contributed by atoms with van der Waals surface area (Å²) in [6, 6.07) is 7.79. The predicted molar refractivity (Wildman–Crippen MR) is 78.4 cm³/mol. The molecule has 0 spiro atoms. The molecule has 4 heteroatoms. The van der Waals surface area contributed by atoms with Crippen LogP contribution in [0.5, 0.6) is 0 Å². The number of halogens is 1. The van der Waals surface area contributed by atoms with Crippen molar-refractivity contribution in [3.63, 3.8) is 0 Å². The lowest BCUT2D eigenvalue weighted by atomic mass is 10.0. The smallest absolute Gasteiger partial charge is 0.196 e. The van der Waals surface area contributed by atoms with E-state index in [9.17, 15) is 4.79 Å². The Morgan fingerprint density at radius 1 is 1.26 bits per heavy atom. The van der Waals surface area contributed by atoms with Crippen LogP contribution in [-0.2, 0) is 0 Å². The number of benzene rings is 1. The standard InChI is InChI=1S/C15H11BrN2O/c1-9-2-3-12-13(8-18-14(12)4-9)15(19)10-5-11(16)7-17-6-10/h2-8,18H,1H3. The predicted octanol–water partition coefficient (Wildman–Crippen LogP) is 3.86. The van der Waals surface area contributed by atoms with Gasteiger partial charge in [0, 0.05) is 45.1 Å². The highest BCUT2D eigenvalue weighted by Gasteiger charge is 2.14. The molecule has 0 saturated heterocycles. The molecule has 1 aromatic carbocycles. The number of hydrogen-bond donors (Lipinski definition) is 1. The van der Waals surface area contributed by atoms with E-state index in [2.05, 4.69) is 25.9 Å². The Kier molecular flexibility index (Phi) is 2.95. The molecule has 2 aromatic heterocycles. The lowest BCUT2D eigenvalue weighted by molar-refractivity contribution is 0.104. The fourth-order valence-corrected chi connectivity index (χ4v) is 2.48. The number of H-pyrrole nitrogens is 1. The minimum absolute atomic E-state index is 0.0242. The van der Waals surface area contributed by atoms with Crippen molar-refractivity contribution in [1.29, 1.82) is 0 Å². The molecule has 0 radical (unpaired) electrons. The fraction of sp³-hybridized carbons (Fsp3) is 0.0667. The van der Waals surface area contributed by atoms with E-state index in [1.807, 2.05) is 25.1 Å². The molecule has 1 N–H and O–H groups in total. The van der Waals surface area contributed by atoms with Gasteiger partial charge in [0.15, 0.2) is 5.78 Å². The van der Waals surface area contributed by atoms with Gasteiger partial charge in [0.05, 0.1) is 0 Å². The lowest BCUT2D eigenvalue weighted by Gasteiger charge is -2.00. The summed E-state index contributed by atoms with van der Waals surface area (Å²) in [6.45, 7) is 2.03. The summed E-state index contributed by atoms with van der Waals surface area (Å²) >= 11 is 3.33. The molecule has 0 unspecified atom stereocenters. The minimum Gasteiger partial charge on any atom is -0.360 e. The van der Waals surface area contributed by atoms with Crippen molar-refractivity contribution >= 4 is 32.6 Å². The zero-order valence-electron chi connectivity index (χ0n) is 10.3. The minimum atomic E-state index is -0.0242. The van der Waals surface area contributed by atoms with Crippen molar-refractivity contribution < 1.29 is 4.79 Å². The Bertz CT molecular complexity index is 777. The van der Waals surface area contributed by atoms with Gasteiger partial charge in [-0.3, -0.25) is 9.78 Å². The van der Waals surface area contributed by atoms with Crippen LogP contribution in [-0.4, -0.2) is 15.8 Å². The van der Waals surface area contributed by atoms with E-state index in [1.54, 1.807) is 24.7 Å². The quantitative estimate of drug-likeness (QED) is 0.730. The molecule has 94 valence electrons. The number of ketones is 1. The number of nitrogens with zero attached hydrogens (tertiary/aromatic N) is 1. The van der Waals surface area contributed by atoms with E-state index < -0.39 is 0 Å². The molecule has 0 bridgehead atoms. The van der Waals surface area contributed by atoms with Gasteiger partial charge in [-0.15, -0.1) is 0 Å². The number of fused-ring (bicyclic) bond motifs is 1. The fourth-order valence-electron chi connectivity index (χ4n) is 2.12. The first-order valence-corrected chi connectivity index (χ1v) is 6.67. The number of rotatable bonds is 2. The van der Waals surface area contributed by atoms with Crippen LogP contribution in [0.15, 0.2) is 47.3 Å². The summed E-state index contributed by atoms with van der Waals surface area (Å²) in [7, 11) is 0. The molecule has 0 saturated carbocycles. The average Bonchev–Trinajstić information content (AvgIpc) is 2.80. The second kappa shape index (κ2) is 4.63. The van der Waals surface area contributed by atoms with Crippen LogP contribution in [0.4, 0.5) is 0 Å². The van der Waals surface area contributed by atoms with E-state index in [1.165, 1.54) is 0 Å². The number of aryl methyl sites for hydroxylation is 1. The van der Waals surface area contributed by atoms with Crippen molar-refractivity contribution in [1.82, 2.24) is 9.97 Å². The Morgan fingerprint density at radius 2 is 2.11 bits per heavy atom. The van der Waals surface area contributed by atoms with Gasteiger partial charge in [-0.1, -0.05) is 12.1 Å². The Morgan fingerprint density at radius 3 is 2.89 bits per heavy atom. The van der Waals surface area contributed by atoms with Crippen molar-refractivity contribution in [2.75, 3.05) is 0 Å². The summed E-state index contributed by atoms with van der Waals surface area (Å²) in [5, 5.41) is 0.940. The zero-order valence-corrected chi connectivity index (χ0v) is 11.9. The molecule has 3 rings (SSSR count). The number of nitrogens with one attached hydrogen (secondary N) is 1. The highest BCUT2D eigenvalue weighted by atomic mass is 79.9. The van der Waals surface area contributed by atoms with Crippen LogP contribution in [0, 0.1) is 6.92 Å². The van der Waals surface area contributed by atoms with Crippen molar-refractivity contribution in [2.24, 2.45) is 0 Å². The number of pyridine rings is 1. The second-order valence-electron chi connectivity index (χ2n) is 4.47. The van der Waals surface area contributed by atoms with Gasteiger partial charge >= 0.3 is 0 Å². The number of hydrogen-bond acceptors (Lipinski definition) is 2. The van der Waals surface area contributed by atoms with E-state index in [-0.39, 0.29) is 5.78 Å². The van der Waals surface area contributed by atoms with Gasteiger partial charge in [-0.25, -0.2) is 0 Å². The van der Waals surface area contributed by atoms with Crippen molar-refractivity contribution in [2.45, 2.75) is 6.92 Å². The first-order valence-electron chi connectivity index (χ1n) is 5.88. The third-order valence-electron chi connectivity index (χ3n) is 3.05. The number of carbonyl (C=O) groups excluding carboxylic acids is 1. The van der Waals surface area contributed by atoms with Crippen LogP contribution in [0.3, 0.4) is 0 Å². The monoisotopic (exact) mass is 314 g/mol. The molecule has 0 fully saturated rings. The van der Waals surface area contributed by atoms with E-state index in [0.717, 1.165) is 20.9 Å². The summed E-state index contributed by atoms with van der Waals surface area (Å²) in [4.78, 5) is 19.7. The molecule has 0 atom stereocenters. The van der Waals surface area contributed by atoms with Crippen molar-refractivity contribution in [3.8, 4) is 0 Å². The van der Waals surface area contributed by atoms with Gasteiger partial charge in [0.1, 0.15) is 0 Å².